The first kappa shape index (κ1) is 16.6. The van der Waals surface area contributed by atoms with E-state index in [1.54, 1.807) is 26.0 Å². The highest BCUT2D eigenvalue weighted by atomic mass is 32.2. The van der Waals surface area contributed by atoms with E-state index in [0.29, 0.717) is 27.7 Å². The predicted molar refractivity (Wildman–Crippen MR) is 82.9 cm³/mol. The van der Waals surface area contributed by atoms with Crippen molar-refractivity contribution in [1.29, 1.82) is 0 Å². The minimum atomic E-state index is -4.54. The van der Waals surface area contributed by atoms with Gasteiger partial charge in [0.1, 0.15) is 29.1 Å². The summed E-state index contributed by atoms with van der Waals surface area (Å²) in [6.07, 6.45) is -1.95. The highest BCUT2D eigenvalue weighted by Crippen LogP contribution is 2.29. The van der Waals surface area contributed by atoms with E-state index in [-0.39, 0.29) is 5.65 Å². The summed E-state index contributed by atoms with van der Waals surface area (Å²) < 4.78 is 51.9. The van der Waals surface area contributed by atoms with Gasteiger partial charge in [-0.3, -0.25) is 13.6 Å². The quantitative estimate of drug-likeness (QED) is 0.724. The molecule has 3 aromatic rings. The van der Waals surface area contributed by atoms with Gasteiger partial charge in [0.05, 0.1) is 15.7 Å². The smallest absolute Gasteiger partial charge is 0.290 e. The van der Waals surface area contributed by atoms with E-state index in [1.807, 2.05) is 0 Å². The van der Waals surface area contributed by atoms with E-state index in [1.165, 1.54) is 10.6 Å². The largest absolute Gasteiger partial charge is 0.433 e. The molecular formula is C15H13F3N4OS. The summed E-state index contributed by atoms with van der Waals surface area (Å²) in [4.78, 5) is 12.5. The van der Waals surface area contributed by atoms with Gasteiger partial charge >= 0.3 is 6.18 Å². The number of imidazole rings is 1. The Morgan fingerprint density at radius 3 is 2.67 bits per heavy atom. The summed E-state index contributed by atoms with van der Waals surface area (Å²) in [5, 5.41) is 0. The molecule has 0 saturated carbocycles. The second-order valence-electron chi connectivity index (χ2n) is 5.10. The minimum Gasteiger partial charge on any atom is -0.290 e. The Labute approximate surface area is 138 Å². The fourth-order valence-electron chi connectivity index (χ4n) is 2.23. The molecule has 1 atom stereocenters. The Morgan fingerprint density at radius 2 is 2.00 bits per heavy atom. The van der Waals surface area contributed by atoms with Crippen molar-refractivity contribution < 1.29 is 17.4 Å². The van der Waals surface area contributed by atoms with Crippen LogP contribution < -0.4 is 0 Å². The first-order valence-corrected chi connectivity index (χ1v) is 8.40. The minimum absolute atomic E-state index is 0.101. The zero-order valence-electron chi connectivity index (χ0n) is 12.8. The summed E-state index contributed by atoms with van der Waals surface area (Å²) in [5.41, 5.74) is 0.558. The van der Waals surface area contributed by atoms with Gasteiger partial charge in [-0.15, -0.1) is 0 Å². The molecule has 0 aliphatic heterocycles. The molecule has 3 aromatic heterocycles. The maximum absolute atomic E-state index is 12.8. The highest BCUT2D eigenvalue weighted by molar-refractivity contribution is 7.85. The topological polar surface area (TPSA) is 60.2 Å². The van der Waals surface area contributed by atoms with Gasteiger partial charge in [-0.05, 0) is 19.1 Å². The normalized spacial score (nSPS) is 13.4. The van der Waals surface area contributed by atoms with E-state index in [9.17, 15) is 17.4 Å². The standard InChI is InChI=1S/C15H13F3N4OS/c1-3-24(23)11-5-4-9(2)20-14(11)10-7-22-8-19-12(15(16,17)18)6-13(22)21-10/h4-8H,3H2,1-2H3. The molecule has 0 amide bonds. The summed E-state index contributed by atoms with van der Waals surface area (Å²) in [5.74, 6) is 0.408. The van der Waals surface area contributed by atoms with Gasteiger partial charge in [0.25, 0.3) is 0 Å². The predicted octanol–water partition coefficient (Wildman–Crippen LogP) is 3.25. The zero-order chi connectivity index (χ0) is 17.5. The van der Waals surface area contributed by atoms with Crippen molar-refractivity contribution in [2.45, 2.75) is 24.9 Å². The van der Waals surface area contributed by atoms with Crippen molar-refractivity contribution in [1.82, 2.24) is 19.4 Å². The molecule has 9 heteroatoms. The lowest BCUT2D eigenvalue weighted by molar-refractivity contribution is -0.141. The second-order valence-corrected chi connectivity index (χ2v) is 6.81. The van der Waals surface area contributed by atoms with E-state index >= 15 is 0 Å². The van der Waals surface area contributed by atoms with Gasteiger partial charge in [-0.2, -0.15) is 13.2 Å². The Kier molecular flexibility index (Phi) is 4.12. The molecule has 24 heavy (non-hydrogen) atoms. The van der Waals surface area contributed by atoms with Crippen LogP contribution in [-0.2, 0) is 17.0 Å². The van der Waals surface area contributed by atoms with Crippen molar-refractivity contribution >= 4 is 16.4 Å². The average molecular weight is 354 g/mol. The number of aryl methyl sites for hydroxylation is 1. The Balaban J connectivity index is 2.17. The molecule has 0 saturated heterocycles. The average Bonchev–Trinajstić information content (AvgIpc) is 2.96. The number of halogens is 3. The van der Waals surface area contributed by atoms with Crippen LogP contribution >= 0.6 is 0 Å². The highest BCUT2D eigenvalue weighted by Gasteiger charge is 2.33. The first-order chi connectivity index (χ1) is 11.3. The number of hydrogen-bond acceptors (Lipinski definition) is 4. The molecule has 1 unspecified atom stereocenters. The summed E-state index contributed by atoms with van der Waals surface area (Å²) in [6.45, 7) is 3.56. The third-order valence-electron chi connectivity index (χ3n) is 3.39. The SMILES string of the molecule is CCS(=O)c1ccc(C)nc1-c1cn2cnc(C(F)(F)F)cc2n1. The number of alkyl halides is 3. The van der Waals surface area contributed by atoms with Crippen molar-refractivity contribution in [3.05, 3.63) is 42.1 Å². The van der Waals surface area contributed by atoms with Crippen LogP contribution in [0.2, 0.25) is 0 Å². The molecule has 0 spiro atoms. The molecule has 0 fully saturated rings. The number of aromatic nitrogens is 4. The number of pyridine rings is 1. The van der Waals surface area contributed by atoms with Crippen molar-refractivity contribution in [3.63, 3.8) is 0 Å². The van der Waals surface area contributed by atoms with Crippen LogP contribution in [0.5, 0.6) is 0 Å². The van der Waals surface area contributed by atoms with Crippen LogP contribution in [0.1, 0.15) is 18.3 Å². The number of fused-ring (bicyclic) bond motifs is 1. The molecule has 0 aliphatic rings. The second kappa shape index (κ2) is 5.97. The van der Waals surface area contributed by atoms with Crippen molar-refractivity contribution in [2.75, 3.05) is 5.75 Å². The number of nitrogens with zero attached hydrogens (tertiary/aromatic N) is 4. The molecule has 0 aromatic carbocycles. The van der Waals surface area contributed by atoms with Crippen LogP contribution in [0, 0.1) is 6.92 Å². The molecule has 0 N–H and O–H groups in total. The number of hydrogen-bond donors (Lipinski definition) is 0. The van der Waals surface area contributed by atoms with E-state index in [0.717, 1.165) is 12.4 Å². The van der Waals surface area contributed by atoms with Crippen LogP contribution in [-0.4, -0.2) is 29.3 Å². The molecule has 0 aliphatic carbocycles. The Bertz CT molecular complexity index is 936. The maximum atomic E-state index is 12.8. The van der Waals surface area contributed by atoms with Gasteiger partial charge in [0.15, 0.2) is 0 Å². The molecule has 0 bridgehead atoms. The van der Waals surface area contributed by atoms with Gasteiger partial charge < -0.3 is 0 Å². The summed E-state index contributed by atoms with van der Waals surface area (Å²) >= 11 is 0. The van der Waals surface area contributed by atoms with Crippen LogP contribution in [0.4, 0.5) is 13.2 Å². The Morgan fingerprint density at radius 1 is 1.25 bits per heavy atom. The van der Waals surface area contributed by atoms with Gasteiger partial charge in [-0.1, -0.05) is 6.92 Å². The monoisotopic (exact) mass is 354 g/mol. The lowest BCUT2D eigenvalue weighted by Gasteiger charge is -2.06. The molecule has 126 valence electrons. The molecular weight excluding hydrogens is 341 g/mol. The van der Waals surface area contributed by atoms with E-state index in [2.05, 4.69) is 15.0 Å². The maximum Gasteiger partial charge on any atom is 0.433 e. The van der Waals surface area contributed by atoms with Crippen LogP contribution in [0.15, 0.2) is 35.6 Å². The lowest BCUT2D eigenvalue weighted by Crippen LogP contribution is -2.08. The first-order valence-electron chi connectivity index (χ1n) is 7.08. The zero-order valence-corrected chi connectivity index (χ0v) is 13.6. The third-order valence-corrected chi connectivity index (χ3v) is 4.73. The molecule has 0 radical (unpaired) electrons. The van der Waals surface area contributed by atoms with Gasteiger partial charge in [-0.25, -0.2) is 9.97 Å². The molecule has 3 heterocycles. The van der Waals surface area contributed by atoms with Gasteiger partial charge in [0, 0.05) is 23.7 Å². The molecule has 3 rings (SSSR count). The molecule has 5 nitrogen and oxygen atoms in total. The van der Waals surface area contributed by atoms with Crippen LogP contribution in [0.3, 0.4) is 0 Å². The summed E-state index contributed by atoms with van der Waals surface area (Å²) in [6, 6.07) is 4.32. The fraction of sp³-hybridized carbons (Fsp3) is 0.267. The third kappa shape index (κ3) is 3.03. The van der Waals surface area contributed by atoms with Crippen molar-refractivity contribution in [2.24, 2.45) is 0 Å². The number of rotatable bonds is 3. The lowest BCUT2D eigenvalue weighted by atomic mass is 10.2. The van der Waals surface area contributed by atoms with E-state index in [4.69, 9.17) is 0 Å². The van der Waals surface area contributed by atoms with Crippen molar-refractivity contribution in [3.8, 4) is 11.4 Å². The fourth-order valence-corrected chi connectivity index (χ4v) is 3.12. The van der Waals surface area contributed by atoms with Gasteiger partial charge in [0.2, 0.25) is 0 Å². The van der Waals surface area contributed by atoms with Crippen LogP contribution in [0.25, 0.3) is 17.0 Å². The van der Waals surface area contributed by atoms with E-state index < -0.39 is 22.7 Å². The summed E-state index contributed by atoms with van der Waals surface area (Å²) in [7, 11) is -1.26. The Hall–Kier alpha value is -2.29.